The van der Waals surface area contributed by atoms with E-state index in [4.69, 9.17) is 10.5 Å². The molecule has 2 aromatic rings. The molecule has 0 unspecified atom stereocenters. The molecule has 0 fully saturated rings. The third-order valence-corrected chi connectivity index (χ3v) is 3.10. The Hall–Kier alpha value is -1.82. The van der Waals surface area contributed by atoms with Gasteiger partial charge in [-0.05, 0) is 6.92 Å². The monoisotopic (exact) mass is 267 g/mol. The number of nitrogens with two attached hydrogens (primary N) is 1. The fourth-order valence-electron chi connectivity index (χ4n) is 1.50. The Kier molecular flexibility index (Phi) is 3.99. The number of nitrogens with one attached hydrogen (secondary N) is 1. The maximum Gasteiger partial charge on any atom is 0.167 e. The zero-order chi connectivity index (χ0) is 13.0. The van der Waals surface area contributed by atoms with Crippen LogP contribution in [0, 0.1) is 5.82 Å². The summed E-state index contributed by atoms with van der Waals surface area (Å²) >= 11 is 1.55. The normalized spacial score (nSPS) is 10.3. The Bertz CT molecular complexity index is 516. The number of anilines is 2. The highest BCUT2D eigenvalue weighted by molar-refractivity contribution is 7.09. The van der Waals surface area contributed by atoms with Crippen LogP contribution in [0.15, 0.2) is 23.7 Å². The van der Waals surface area contributed by atoms with E-state index in [0.29, 0.717) is 24.5 Å². The van der Waals surface area contributed by atoms with Gasteiger partial charge in [0, 0.05) is 23.7 Å². The van der Waals surface area contributed by atoms with Gasteiger partial charge >= 0.3 is 0 Å². The molecule has 0 spiro atoms. The van der Waals surface area contributed by atoms with Crippen molar-refractivity contribution in [1.29, 1.82) is 0 Å². The van der Waals surface area contributed by atoms with Crippen molar-refractivity contribution in [2.45, 2.75) is 13.5 Å². The first-order valence-electron chi connectivity index (χ1n) is 5.54. The Balaban J connectivity index is 2.13. The van der Waals surface area contributed by atoms with E-state index in [1.165, 1.54) is 6.07 Å². The lowest BCUT2D eigenvalue weighted by Crippen LogP contribution is -2.04. The predicted octanol–water partition coefficient (Wildman–Crippen LogP) is 2.88. The number of nitrogen functional groups attached to an aromatic ring is 1. The molecule has 96 valence electrons. The molecular weight excluding hydrogens is 253 g/mol. The Morgan fingerprint density at radius 2 is 2.33 bits per heavy atom. The van der Waals surface area contributed by atoms with Crippen LogP contribution in [0.25, 0.3) is 0 Å². The molecule has 0 aliphatic rings. The van der Waals surface area contributed by atoms with Crippen LogP contribution in [0.1, 0.15) is 11.9 Å². The highest BCUT2D eigenvalue weighted by Gasteiger charge is 2.09. The van der Waals surface area contributed by atoms with Gasteiger partial charge in [-0.3, -0.25) is 0 Å². The van der Waals surface area contributed by atoms with Crippen LogP contribution in [-0.4, -0.2) is 11.6 Å². The van der Waals surface area contributed by atoms with Gasteiger partial charge in [-0.1, -0.05) is 0 Å². The minimum Gasteiger partial charge on any atom is -0.491 e. The van der Waals surface area contributed by atoms with E-state index in [1.54, 1.807) is 30.5 Å². The van der Waals surface area contributed by atoms with Crippen LogP contribution in [0.5, 0.6) is 5.75 Å². The van der Waals surface area contributed by atoms with Gasteiger partial charge in [-0.15, -0.1) is 11.3 Å². The molecule has 0 atom stereocenters. The summed E-state index contributed by atoms with van der Waals surface area (Å²) < 4.78 is 18.7. The molecule has 0 amide bonds. The van der Waals surface area contributed by atoms with Gasteiger partial charge in [-0.2, -0.15) is 0 Å². The number of rotatable bonds is 5. The molecule has 0 aliphatic heterocycles. The van der Waals surface area contributed by atoms with Crippen molar-refractivity contribution in [3.05, 3.63) is 34.5 Å². The zero-order valence-electron chi connectivity index (χ0n) is 9.94. The smallest absolute Gasteiger partial charge is 0.167 e. The van der Waals surface area contributed by atoms with Gasteiger partial charge in [0.05, 0.1) is 24.5 Å². The summed E-state index contributed by atoms with van der Waals surface area (Å²) in [7, 11) is 0. The second kappa shape index (κ2) is 5.68. The van der Waals surface area contributed by atoms with Crippen molar-refractivity contribution in [1.82, 2.24) is 4.98 Å². The topological polar surface area (TPSA) is 60.2 Å². The molecule has 1 aromatic heterocycles. The summed E-state index contributed by atoms with van der Waals surface area (Å²) in [6.07, 6.45) is 1.74. The van der Waals surface area contributed by atoms with Crippen LogP contribution >= 0.6 is 11.3 Å². The van der Waals surface area contributed by atoms with Gasteiger partial charge < -0.3 is 15.8 Å². The van der Waals surface area contributed by atoms with Crippen LogP contribution < -0.4 is 15.8 Å². The Labute approximate surface area is 109 Å². The van der Waals surface area contributed by atoms with E-state index >= 15 is 0 Å². The summed E-state index contributed by atoms with van der Waals surface area (Å²) in [5.74, 6) is -0.248. The van der Waals surface area contributed by atoms with Crippen LogP contribution in [0.3, 0.4) is 0 Å². The average molecular weight is 267 g/mol. The summed E-state index contributed by atoms with van der Waals surface area (Å²) in [5.41, 5.74) is 6.75. The van der Waals surface area contributed by atoms with E-state index in [2.05, 4.69) is 10.3 Å². The molecule has 3 N–H and O–H groups in total. The number of nitrogens with zero attached hydrogens (tertiary/aromatic N) is 1. The van der Waals surface area contributed by atoms with Gasteiger partial charge in [0.2, 0.25) is 0 Å². The van der Waals surface area contributed by atoms with Crippen molar-refractivity contribution in [3.63, 3.8) is 0 Å². The van der Waals surface area contributed by atoms with E-state index in [9.17, 15) is 4.39 Å². The van der Waals surface area contributed by atoms with Crippen LogP contribution in [0.4, 0.5) is 15.8 Å². The van der Waals surface area contributed by atoms with Crippen molar-refractivity contribution in [2.75, 3.05) is 17.7 Å². The molecule has 4 nitrogen and oxygen atoms in total. The lowest BCUT2D eigenvalue weighted by atomic mass is 10.2. The second-order valence-corrected chi connectivity index (χ2v) is 4.56. The molecule has 0 bridgehead atoms. The maximum absolute atomic E-state index is 13.5. The van der Waals surface area contributed by atoms with Gasteiger partial charge in [0.25, 0.3) is 0 Å². The van der Waals surface area contributed by atoms with Crippen LogP contribution in [-0.2, 0) is 6.54 Å². The fraction of sp³-hybridized carbons (Fsp3) is 0.250. The third-order valence-electron chi connectivity index (χ3n) is 2.32. The van der Waals surface area contributed by atoms with E-state index in [1.807, 2.05) is 5.38 Å². The summed E-state index contributed by atoms with van der Waals surface area (Å²) in [6.45, 7) is 2.77. The quantitative estimate of drug-likeness (QED) is 0.818. The number of hydrogen-bond donors (Lipinski definition) is 2. The average Bonchev–Trinajstić information content (AvgIpc) is 2.84. The first-order valence-corrected chi connectivity index (χ1v) is 6.42. The number of aromatic nitrogens is 1. The van der Waals surface area contributed by atoms with E-state index in [-0.39, 0.29) is 5.75 Å². The zero-order valence-corrected chi connectivity index (χ0v) is 10.8. The summed E-state index contributed by atoms with van der Waals surface area (Å²) in [4.78, 5) is 4.15. The number of hydrogen-bond acceptors (Lipinski definition) is 5. The minimum atomic E-state index is -0.450. The second-order valence-electron chi connectivity index (χ2n) is 3.58. The minimum absolute atomic E-state index is 0.202. The lowest BCUT2D eigenvalue weighted by molar-refractivity contribution is 0.322. The standard InChI is InChI=1S/C12H14FN3OS/c1-2-17-11-6-10(9(14)5-8(11)13)16-7-12-15-3-4-18-12/h3-6,16H,2,7,14H2,1H3. The molecule has 0 radical (unpaired) electrons. The molecule has 0 saturated carbocycles. The first kappa shape index (κ1) is 12.6. The highest BCUT2D eigenvalue weighted by Crippen LogP contribution is 2.28. The van der Waals surface area contributed by atoms with Crippen LogP contribution in [0.2, 0.25) is 0 Å². The molecule has 18 heavy (non-hydrogen) atoms. The van der Waals surface area contributed by atoms with Gasteiger partial charge in [-0.25, -0.2) is 9.37 Å². The molecule has 1 heterocycles. The predicted molar refractivity (Wildman–Crippen MR) is 71.4 cm³/mol. The van der Waals surface area contributed by atoms with Gasteiger partial charge in [0.15, 0.2) is 11.6 Å². The maximum atomic E-state index is 13.5. The molecular formula is C12H14FN3OS. The number of thiazole rings is 1. The van der Waals surface area contributed by atoms with Crippen molar-refractivity contribution < 1.29 is 9.13 Å². The molecule has 1 aromatic carbocycles. The first-order chi connectivity index (χ1) is 8.70. The van der Waals surface area contributed by atoms with E-state index < -0.39 is 5.82 Å². The van der Waals surface area contributed by atoms with Crippen molar-refractivity contribution >= 4 is 22.7 Å². The fourth-order valence-corrected chi connectivity index (χ4v) is 2.06. The number of halogens is 1. The molecule has 0 aliphatic carbocycles. The lowest BCUT2D eigenvalue weighted by Gasteiger charge is -2.11. The van der Waals surface area contributed by atoms with Crippen molar-refractivity contribution in [3.8, 4) is 5.75 Å². The number of benzene rings is 1. The molecule has 2 rings (SSSR count). The molecule has 6 heteroatoms. The van der Waals surface area contributed by atoms with Crippen molar-refractivity contribution in [2.24, 2.45) is 0 Å². The Morgan fingerprint density at radius 1 is 1.50 bits per heavy atom. The summed E-state index contributed by atoms with van der Waals surface area (Å²) in [6, 6.07) is 2.83. The number of ether oxygens (including phenoxy) is 1. The van der Waals surface area contributed by atoms with Gasteiger partial charge in [0.1, 0.15) is 5.01 Å². The largest absolute Gasteiger partial charge is 0.491 e. The SMILES string of the molecule is CCOc1cc(NCc2nccs2)c(N)cc1F. The third kappa shape index (κ3) is 2.89. The molecule has 0 saturated heterocycles. The van der Waals surface area contributed by atoms with E-state index in [0.717, 1.165) is 5.01 Å². The Morgan fingerprint density at radius 3 is 3.00 bits per heavy atom. The summed E-state index contributed by atoms with van der Waals surface area (Å²) in [5, 5.41) is 5.96. The highest BCUT2D eigenvalue weighted by atomic mass is 32.1.